The van der Waals surface area contributed by atoms with E-state index in [0.29, 0.717) is 12.1 Å². The van der Waals surface area contributed by atoms with Gasteiger partial charge in [-0.05, 0) is 24.3 Å². The van der Waals surface area contributed by atoms with E-state index in [9.17, 15) is 36.3 Å². The van der Waals surface area contributed by atoms with Gasteiger partial charge in [0.15, 0.2) is 6.61 Å². The highest BCUT2D eigenvalue weighted by Gasteiger charge is 2.34. The largest absolute Gasteiger partial charge is 0.454 e. The SMILES string of the molecule is O=C(COC(=O)CNC(=O)c1ccc(F)cc1F)Nc1c(Cl)cccc1C(F)(F)F. The lowest BCUT2D eigenvalue weighted by Crippen LogP contribution is -2.32. The fraction of sp³-hybridized carbons (Fsp3) is 0.167. The highest BCUT2D eigenvalue weighted by molar-refractivity contribution is 6.34. The number of hydrogen-bond donors (Lipinski definition) is 2. The second-order valence-corrected chi connectivity index (χ2v) is 6.08. The van der Waals surface area contributed by atoms with E-state index in [1.165, 1.54) is 0 Å². The Hall–Kier alpha value is -3.21. The third-order valence-electron chi connectivity index (χ3n) is 3.52. The summed E-state index contributed by atoms with van der Waals surface area (Å²) in [5.41, 5.74) is -2.42. The molecule has 0 fully saturated rings. The zero-order valence-corrected chi connectivity index (χ0v) is 15.5. The van der Waals surface area contributed by atoms with Crippen LogP contribution in [0.4, 0.5) is 27.6 Å². The van der Waals surface area contributed by atoms with Gasteiger partial charge < -0.3 is 15.4 Å². The molecule has 0 aliphatic carbocycles. The standard InChI is InChI=1S/C18H12ClF5N2O4/c19-12-3-1-2-11(18(22,23)24)16(12)26-14(27)8-30-15(28)7-25-17(29)10-5-4-9(20)6-13(10)21/h1-6H,7-8H2,(H,25,29)(H,26,27). The van der Waals surface area contributed by atoms with Gasteiger partial charge in [-0.3, -0.25) is 14.4 Å². The van der Waals surface area contributed by atoms with Gasteiger partial charge in [0.1, 0.15) is 18.2 Å². The first kappa shape index (κ1) is 23.1. The molecule has 30 heavy (non-hydrogen) atoms. The van der Waals surface area contributed by atoms with E-state index < -0.39 is 65.6 Å². The number of ether oxygens (including phenoxy) is 1. The van der Waals surface area contributed by atoms with Crippen LogP contribution in [0.2, 0.25) is 5.02 Å². The number of carbonyl (C=O) groups is 3. The van der Waals surface area contributed by atoms with Gasteiger partial charge in [-0.1, -0.05) is 17.7 Å². The van der Waals surface area contributed by atoms with Crippen LogP contribution in [0.25, 0.3) is 0 Å². The van der Waals surface area contributed by atoms with Crippen LogP contribution in [0.3, 0.4) is 0 Å². The summed E-state index contributed by atoms with van der Waals surface area (Å²) in [4.78, 5) is 35.1. The molecule has 160 valence electrons. The Labute approximate surface area is 171 Å². The van der Waals surface area contributed by atoms with Crippen molar-refractivity contribution in [3.63, 3.8) is 0 Å². The maximum atomic E-state index is 13.5. The highest BCUT2D eigenvalue weighted by Crippen LogP contribution is 2.38. The lowest BCUT2D eigenvalue weighted by atomic mass is 10.1. The number of alkyl halides is 3. The molecule has 0 aliphatic heterocycles. The molecule has 0 saturated heterocycles. The van der Waals surface area contributed by atoms with Crippen molar-refractivity contribution in [2.45, 2.75) is 6.18 Å². The van der Waals surface area contributed by atoms with Crippen LogP contribution in [-0.2, 0) is 20.5 Å². The fourth-order valence-electron chi connectivity index (χ4n) is 2.18. The number of halogens is 6. The van der Waals surface area contributed by atoms with Gasteiger partial charge >= 0.3 is 12.1 Å². The lowest BCUT2D eigenvalue weighted by Gasteiger charge is -2.15. The third kappa shape index (κ3) is 6.14. The molecular formula is C18H12ClF5N2O4. The van der Waals surface area contributed by atoms with Crippen LogP contribution in [0.1, 0.15) is 15.9 Å². The maximum absolute atomic E-state index is 13.5. The predicted molar refractivity (Wildman–Crippen MR) is 94.7 cm³/mol. The van der Waals surface area contributed by atoms with Crippen molar-refractivity contribution in [2.75, 3.05) is 18.5 Å². The van der Waals surface area contributed by atoms with Crippen molar-refractivity contribution in [3.8, 4) is 0 Å². The zero-order chi connectivity index (χ0) is 22.5. The molecule has 0 spiro atoms. The molecule has 0 aliphatic rings. The number of benzene rings is 2. The van der Waals surface area contributed by atoms with Crippen molar-refractivity contribution in [2.24, 2.45) is 0 Å². The first-order valence-corrected chi connectivity index (χ1v) is 8.41. The van der Waals surface area contributed by atoms with E-state index in [-0.39, 0.29) is 5.02 Å². The van der Waals surface area contributed by atoms with Crippen LogP contribution in [-0.4, -0.2) is 30.9 Å². The maximum Gasteiger partial charge on any atom is 0.418 e. The Morgan fingerprint density at radius 3 is 2.40 bits per heavy atom. The van der Waals surface area contributed by atoms with Gasteiger partial charge in [-0.2, -0.15) is 13.2 Å². The first-order chi connectivity index (χ1) is 14.0. The zero-order valence-electron chi connectivity index (χ0n) is 14.8. The molecule has 2 rings (SSSR count). The van der Waals surface area contributed by atoms with E-state index in [0.717, 1.165) is 24.3 Å². The number of esters is 1. The number of rotatable bonds is 6. The van der Waals surface area contributed by atoms with Gasteiger partial charge in [0.05, 0.1) is 21.8 Å². The number of para-hydroxylation sites is 1. The minimum absolute atomic E-state index is 0.377. The normalized spacial score (nSPS) is 11.0. The Balaban J connectivity index is 1.88. The molecule has 0 radical (unpaired) electrons. The van der Waals surface area contributed by atoms with Crippen molar-refractivity contribution in [3.05, 3.63) is 64.2 Å². The molecule has 0 unspecified atom stereocenters. The topological polar surface area (TPSA) is 84.5 Å². The second-order valence-electron chi connectivity index (χ2n) is 5.68. The monoisotopic (exact) mass is 450 g/mol. The number of hydrogen-bond acceptors (Lipinski definition) is 4. The van der Waals surface area contributed by atoms with Gasteiger partial charge in [-0.25, -0.2) is 8.78 Å². The van der Waals surface area contributed by atoms with E-state index in [1.807, 2.05) is 10.6 Å². The van der Waals surface area contributed by atoms with Crippen molar-refractivity contribution >= 4 is 35.1 Å². The van der Waals surface area contributed by atoms with Crippen molar-refractivity contribution in [1.29, 1.82) is 0 Å². The first-order valence-electron chi connectivity index (χ1n) is 8.03. The molecule has 2 N–H and O–H groups in total. The van der Waals surface area contributed by atoms with Crippen LogP contribution >= 0.6 is 11.6 Å². The fourth-order valence-corrected chi connectivity index (χ4v) is 2.40. The van der Waals surface area contributed by atoms with Crippen LogP contribution < -0.4 is 10.6 Å². The van der Waals surface area contributed by atoms with E-state index >= 15 is 0 Å². The Morgan fingerprint density at radius 1 is 1.07 bits per heavy atom. The molecule has 12 heteroatoms. The van der Waals surface area contributed by atoms with Crippen molar-refractivity contribution in [1.82, 2.24) is 5.32 Å². The average molecular weight is 451 g/mol. The van der Waals surface area contributed by atoms with Gasteiger partial charge in [0.2, 0.25) is 0 Å². The Bertz CT molecular complexity index is 982. The molecule has 2 aromatic rings. The summed E-state index contributed by atoms with van der Waals surface area (Å²) in [5.74, 6) is -5.34. The predicted octanol–water partition coefficient (Wildman–Crippen LogP) is 3.55. The average Bonchev–Trinajstić information content (AvgIpc) is 2.65. The molecule has 2 amide bonds. The quantitative estimate of drug-likeness (QED) is 0.521. The number of anilines is 1. The molecule has 6 nitrogen and oxygen atoms in total. The summed E-state index contributed by atoms with van der Waals surface area (Å²) in [6, 6.07) is 5.06. The van der Waals surface area contributed by atoms with E-state index in [4.69, 9.17) is 11.6 Å². The van der Waals surface area contributed by atoms with Crippen LogP contribution in [0.5, 0.6) is 0 Å². The molecule has 0 heterocycles. The lowest BCUT2D eigenvalue weighted by molar-refractivity contribution is -0.146. The number of amides is 2. The van der Waals surface area contributed by atoms with Crippen LogP contribution in [0.15, 0.2) is 36.4 Å². The molecule has 0 saturated carbocycles. The van der Waals surface area contributed by atoms with Gasteiger partial charge in [-0.15, -0.1) is 0 Å². The smallest absolute Gasteiger partial charge is 0.418 e. The second kappa shape index (κ2) is 9.53. The third-order valence-corrected chi connectivity index (χ3v) is 3.83. The summed E-state index contributed by atoms with van der Waals surface area (Å²) >= 11 is 5.68. The van der Waals surface area contributed by atoms with E-state index in [2.05, 4.69) is 4.74 Å². The molecule has 0 bridgehead atoms. The summed E-state index contributed by atoms with van der Waals surface area (Å²) in [5, 5.41) is 3.52. The number of carbonyl (C=O) groups excluding carboxylic acids is 3. The summed E-state index contributed by atoms with van der Waals surface area (Å²) in [6.07, 6.45) is -4.79. The molecule has 0 atom stereocenters. The molecule has 2 aromatic carbocycles. The minimum atomic E-state index is -4.79. The summed E-state index contributed by atoms with van der Waals surface area (Å²) < 4.78 is 69.8. The Morgan fingerprint density at radius 2 is 1.77 bits per heavy atom. The number of nitrogens with one attached hydrogen (secondary N) is 2. The van der Waals surface area contributed by atoms with Crippen LogP contribution in [0, 0.1) is 11.6 Å². The van der Waals surface area contributed by atoms with Gasteiger partial charge in [0.25, 0.3) is 11.8 Å². The Kier molecular flexibility index (Phi) is 7.33. The summed E-state index contributed by atoms with van der Waals surface area (Å²) in [7, 11) is 0. The van der Waals surface area contributed by atoms with Crippen molar-refractivity contribution < 1.29 is 41.1 Å². The van der Waals surface area contributed by atoms with E-state index in [1.54, 1.807) is 0 Å². The summed E-state index contributed by atoms with van der Waals surface area (Å²) in [6.45, 7) is -1.75. The highest BCUT2D eigenvalue weighted by atomic mass is 35.5. The van der Waals surface area contributed by atoms with Gasteiger partial charge in [0, 0.05) is 6.07 Å². The minimum Gasteiger partial charge on any atom is -0.454 e. The molecule has 0 aromatic heterocycles. The molecular weight excluding hydrogens is 439 g/mol.